The molecule has 4 aromatic rings. The predicted octanol–water partition coefficient (Wildman–Crippen LogP) is 4.33. The van der Waals surface area contributed by atoms with Gasteiger partial charge in [0.1, 0.15) is 34.4 Å². The van der Waals surface area contributed by atoms with Crippen molar-refractivity contribution in [2.24, 2.45) is 0 Å². The van der Waals surface area contributed by atoms with Crippen molar-refractivity contribution in [1.82, 2.24) is 14.4 Å². The van der Waals surface area contributed by atoms with Crippen LogP contribution in [0.5, 0.6) is 11.5 Å². The zero-order valence-corrected chi connectivity index (χ0v) is 17.9. The summed E-state index contributed by atoms with van der Waals surface area (Å²) in [6, 6.07) is 15.8. The van der Waals surface area contributed by atoms with Crippen LogP contribution in [-0.4, -0.2) is 38.8 Å². The molecule has 2 atom stereocenters. The lowest BCUT2D eigenvalue weighted by Gasteiger charge is -2.27. The highest BCUT2D eigenvalue weighted by Crippen LogP contribution is 2.35. The Morgan fingerprint density at radius 2 is 1.81 bits per heavy atom. The Labute approximate surface area is 186 Å². The van der Waals surface area contributed by atoms with Crippen molar-refractivity contribution in [3.05, 3.63) is 72.3 Å². The number of anilines is 1. The Kier molecular flexibility index (Phi) is 5.51. The lowest BCUT2D eigenvalue weighted by molar-refractivity contribution is -0.0282. The molecular formula is C25H26N4O3. The molecule has 32 heavy (non-hydrogen) atoms. The second-order valence-corrected chi connectivity index (χ2v) is 8.20. The van der Waals surface area contributed by atoms with Crippen LogP contribution in [0.4, 0.5) is 5.82 Å². The Bertz CT molecular complexity index is 1210. The maximum atomic E-state index is 9.36. The third-order valence-corrected chi connectivity index (χ3v) is 5.93. The van der Waals surface area contributed by atoms with Crippen molar-refractivity contribution in [1.29, 1.82) is 0 Å². The molecule has 1 saturated heterocycles. The summed E-state index contributed by atoms with van der Waals surface area (Å²) >= 11 is 0. The highest BCUT2D eigenvalue weighted by molar-refractivity contribution is 5.85. The van der Waals surface area contributed by atoms with Crippen LogP contribution in [0.1, 0.15) is 30.1 Å². The highest BCUT2D eigenvalue weighted by Gasteiger charge is 2.27. The summed E-state index contributed by atoms with van der Waals surface area (Å²) in [4.78, 5) is 9.26. The van der Waals surface area contributed by atoms with Gasteiger partial charge in [0.2, 0.25) is 0 Å². The van der Waals surface area contributed by atoms with E-state index in [0.717, 1.165) is 46.9 Å². The van der Waals surface area contributed by atoms with Crippen LogP contribution < -0.4 is 10.5 Å². The fourth-order valence-corrected chi connectivity index (χ4v) is 4.15. The van der Waals surface area contributed by atoms with Crippen LogP contribution in [0.15, 0.2) is 60.9 Å². The third kappa shape index (κ3) is 3.92. The number of hydrogen-bond acceptors (Lipinski definition) is 6. The number of nitrogens with two attached hydrogens (primary N) is 1. The van der Waals surface area contributed by atoms with Crippen molar-refractivity contribution in [3.63, 3.8) is 0 Å². The lowest BCUT2D eigenvalue weighted by atomic mass is 9.98. The van der Waals surface area contributed by atoms with Gasteiger partial charge in [0.05, 0.1) is 19.3 Å². The number of nitrogen functional groups attached to an aromatic ring is 1. The van der Waals surface area contributed by atoms with Gasteiger partial charge in [-0.1, -0.05) is 17.7 Å². The first kappa shape index (κ1) is 20.5. The van der Waals surface area contributed by atoms with E-state index in [2.05, 4.69) is 4.98 Å². The Morgan fingerprint density at radius 1 is 1.09 bits per heavy atom. The fraction of sp³-hybridized carbons (Fsp3) is 0.280. The Balaban J connectivity index is 1.46. The van der Waals surface area contributed by atoms with Gasteiger partial charge >= 0.3 is 0 Å². The molecule has 3 heterocycles. The van der Waals surface area contributed by atoms with Crippen molar-refractivity contribution < 1.29 is 14.6 Å². The topological polar surface area (TPSA) is 94.9 Å². The number of imidazole rings is 1. The van der Waals surface area contributed by atoms with Gasteiger partial charge < -0.3 is 20.3 Å². The number of hydrogen-bond donors (Lipinski definition) is 2. The molecule has 1 aliphatic rings. The fourth-order valence-electron chi connectivity index (χ4n) is 4.15. The van der Waals surface area contributed by atoms with Gasteiger partial charge in [-0.05, 0) is 56.2 Å². The molecule has 0 spiro atoms. The average molecular weight is 431 g/mol. The molecule has 0 saturated carbocycles. The number of aryl methyl sites for hydroxylation is 1. The first-order valence-corrected chi connectivity index (χ1v) is 10.8. The molecule has 5 rings (SSSR count). The first-order chi connectivity index (χ1) is 15.6. The van der Waals surface area contributed by atoms with Gasteiger partial charge in [-0.3, -0.25) is 4.40 Å². The number of nitrogens with zero attached hydrogens (tertiary/aromatic N) is 3. The van der Waals surface area contributed by atoms with Gasteiger partial charge in [0.15, 0.2) is 0 Å². The molecule has 7 heteroatoms. The molecule has 0 aliphatic carbocycles. The molecule has 2 unspecified atom stereocenters. The standard InChI is InChI=1S/C25H26N4O3/c1-16-2-7-19(8-3-16)32-20-9-4-17(5-10-20)22-23-24(26)27-12-13-29(23)25(28-22)18-6-11-21(14-30)31-15-18/h2-5,7-10,12-13,18,21,30H,6,11,14-15H2,1H3,(H2,26,27). The lowest BCUT2D eigenvalue weighted by Crippen LogP contribution is -2.28. The summed E-state index contributed by atoms with van der Waals surface area (Å²) in [6.07, 6.45) is 5.19. The molecular weight excluding hydrogens is 404 g/mol. The third-order valence-electron chi connectivity index (χ3n) is 5.93. The molecule has 164 valence electrons. The summed E-state index contributed by atoms with van der Waals surface area (Å²) in [5.41, 5.74) is 9.97. The van der Waals surface area contributed by atoms with Crippen LogP contribution in [0, 0.1) is 6.92 Å². The molecule has 0 radical (unpaired) electrons. The Hall–Kier alpha value is -3.42. The van der Waals surface area contributed by atoms with Crippen molar-refractivity contribution in [2.45, 2.75) is 31.8 Å². The van der Waals surface area contributed by atoms with E-state index in [1.807, 2.05) is 66.1 Å². The van der Waals surface area contributed by atoms with Gasteiger partial charge in [-0.2, -0.15) is 0 Å². The van der Waals surface area contributed by atoms with Crippen molar-refractivity contribution >= 4 is 11.3 Å². The van der Waals surface area contributed by atoms with E-state index in [-0.39, 0.29) is 18.6 Å². The molecule has 2 aromatic heterocycles. The van der Waals surface area contributed by atoms with Crippen LogP contribution in [0.25, 0.3) is 16.8 Å². The quantitative estimate of drug-likeness (QED) is 0.489. The molecule has 0 bridgehead atoms. The van der Waals surface area contributed by atoms with E-state index in [4.69, 9.17) is 20.2 Å². The number of benzene rings is 2. The number of rotatable bonds is 5. The minimum absolute atomic E-state index is 0.0498. The van der Waals surface area contributed by atoms with Gasteiger partial charge in [-0.15, -0.1) is 0 Å². The smallest absolute Gasteiger partial charge is 0.150 e. The van der Waals surface area contributed by atoms with Crippen molar-refractivity contribution in [3.8, 4) is 22.8 Å². The highest BCUT2D eigenvalue weighted by atomic mass is 16.5. The van der Waals surface area contributed by atoms with E-state index < -0.39 is 0 Å². The van der Waals surface area contributed by atoms with Gasteiger partial charge in [-0.25, -0.2) is 9.97 Å². The second-order valence-electron chi connectivity index (χ2n) is 8.20. The molecule has 0 amide bonds. The molecule has 1 fully saturated rings. The first-order valence-electron chi connectivity index (χ1n) is 10.8. The van der Waals surface area contributed by atoms with Crippen molar-refractivity contribution in [2.75, 3.05) is 18.9 Å². The Morgan fingerprint density at radius 3 is 2.47 bits per heavy atom. The molecule has 7 nitrogen and oxygen atoms in total. The summed E-state index contributed by atoms with van der Waals surface area (Å²) in [5, 5.41) is 9.36. The van der Waals surface area contributed by atoms with Crippen LogP contribution in [0.3, 0.4) is 0 Å². The molecule has 3 N–H and O–H groups in total. The SMILES string of the molecule is Cc1ccc(Oc2ccc(-c3nc(C4CCC(CO)OC4)n4ccnc(N)c34)cc2)cc1. The second kappa shape index (κ2) is 8.61. The van der Waals surface area contributed by atoms with Crippen LogP contribution >= 0.6 is 0 Å². The number of fused-ring (bicyclic) bond motifs is 1. The molecule has 2 aromatic carbocycles. The van der Waals surface area contributed by atoms with Gasteiger partial charge in [0.25, 0.3) is 0 Å². The summed E-state index contributed by atoms with van der Waals surface area (Å²) in [5.74, 6) is 3.02. The zero-order chi connectivity index (χ0) is 22.1. The summed E-state index contributed by atoms with van der Waals surface area (Å²) < 4.78 is 13.8. The zero-order valence-electron chi connectivity index (χ0n) is 17.9. The number of aromatic nitrogens is 3. The normalized spacial score (nSPS) is 18.7. The van der Waals surface area contributed by atoms with E-state index in [9.17, 15) is 5.11 Å². The number of aliphatic hydroxyl groups is 1. The predicted molar refractivity (Wildman–Crippen MR) is 123 cm³/mol. The largest absolute Gasteiger partial charge is 0.457 e. The van der Waals surface area contributed by atoms with Crippen LogP contribution in [-0.2, 0) is 4.74 Å². The van der Waals surface area contributed by atoms with E-state index >= 15 is 0 Å². The van der Waals surface area contributed by atoms with E-state index in [0.29, 0.717) is 12.4 Å². The number of ether oxygens (including phenoxy) is 2. The maximum Gasteiger partial charge on any atom is 0.150 e. The maximum absolute atomic E-state index is 9.36. The number of aliphatic hydroxyl groups excluding tert-OH is 1. The minimum atomic E-state index is -0.0928. The molecule has 1 aliphatic heterocycles. The summed E-state index contributed by atoms with van der Waals surface area (Å²) in [7, 11) is 0. The summed E-state index contributed by atoms with van der Waals surface area (Å²) in [6.45, 7) is 2.62. The minimum Gasteiger partial charge on any atom is -0.457 e. The van der Waals surface area contributed by atoms with Gasteiger partial charge in [0, 0.05) is 23.9 Å². The van der Waals surface area contributed by atoms with Crippen LogP contribution in [0.2, 0.25) is 0 Å². The van der Waals surface area contributed by atoms with E-state index in [1.165, 1.54) is 5.56 Å². The average Bonchev–Trinajstić information content (AvgIpc) is 3.22. The monoisotopic (exact) mass is 430 g/mol. The van der Waals surface area contributed by atoms with E-state index in [1.54, 1.807) is 6.20 Å².